The molecule has 0 unspecified atom stereocenters. The number of nitrogen functional groups attached to an aromatic ring is 1. The third kappa shape index (κ3) is 3.17. The van der Waals surface area contributed by atoms with Crippen molar-refractivity contribution in [3.63, 3.8) is 0 Å². The minimum absolute atomic E-state index is 0.200. The number of halogens is 3. The number of hydrogen-bond acceptors (Lipinski definition) is 3. The molecule has 7 heteroatoms. The summed E-state index contributed by atoms with van der Waals surface area (Å²) in [7, 11) is 0. The molecule has 0 radical (unpaired) electrons. The number of carbonyl (C=O) groups is 1. The number of rotatable bonds is 3. The fourth-order valence-electron chi connectivity index (χ4n) is 1.68. The van der Waals surface area contributed by atoms with Crippen molar-refractivity contribution in [2.45, 2.75) is 0 Å². The van der Waals surface area contributed by atoms with Crippen LogP contribution in [0.3, 0.4) is 0 Å². The maximum atomic E-state index is 11.5. The van der Waals surface area contributed by atoms with E-state index in [2.05, 4.69) is 21.2 Å². The van der Waals surface area contributed by atoms with Crippen LogP contribution in [-0.2, 0) is 0 Å². The van der Waals surface area contributed by atoms with Gasteiger partial charge >= 0.3 is 0 Å². The van der Waals surface area contributed by atoms with E-state index in [0.717, 1.165) is 4.47 Å². The lowest BCUT2D eigenvalue weighted by molar-refractivity contribution is 0.100. The fraction of sp³-hybridized carbons (Fsp3) is 0. The van der Waals surface area contributed by atoms with Gasteiger partial charge in [0.2, 0.25) is 0 Å². The maximum absolute atomic E-state index is 11.5. The molecule has 0 fully saturated rings. The number of amides is 1. The zero-order valence-corrected chi connectivity index (χ0v) is 13.2. The molecule has 0 bridgehead atoms. The van der Waals surface area contributed by atoms with Crippen LogP contribution < -0.4 is 16.8 Å². The summed E-state index contributed by atoms with van der Waals surface area (Å²) < 4.78 is 0.830. The van der Waals surface area contributed by atoms with Gasteiger partial charge in [0.05, 0.1) is 27.0 Å². The molecule has 2 aromatic carbocycles. The first kappa shape index (κ1) is 15.0. The fourth-order valence-corrected chi connectivity index (χ4v) is 2.48. The van der Waals surface area contributed by atoms with Gasteiger partial charge in [-0.25, -0.2) is 0 Å². The van der Waals surface area contributed by atoms with Crippen LogP contribution in [0.25, 0.3) is 0 Å². The average Bonchev–Trinajstić information content (AvgIpc) is 2.36. The zero-order chi connectivity index (χ0) is 14.9. The summed E-state index contributed by atoms with van der Waals surface area (Å²) >= 11 is 15.6. The van der Waals surface area contributed by atoms with E-state index in [1.54, 1.807) is 18.2 Å². The predicted octanol–water partition coefficient (Wildman–Crippen LogP) is 4.18. The van der Waals surface area contributed by atoms with Gasteiger partial charge in [-0.1, -0.05) is 39.1 Å². The zero-order valence-electron chi connectivity index (χ0n) is 10.1. The van der Waals surface area contributed by atoms with Crippen LogP contribution in [0.2, 0.25) is 10.0 Å². The van der Waals surface area contributed by atoms with Gasteiger partial charge in [-0.3, -0.25) is 4.79 Å². The van der Waals surface area contributed by atoms with Gasteiger partial charge in [-0.05, 0) is 30.3 Å². The van der Waals surface area contributed by atoms with Gasteiger partial charge in [0.1, 0.15) is 0 Å². The summed E-state index contributed by atoms with van der Waals surface area (Å²) in [5, 5.41) is 3.78. The van der Waals surface area contributed by atoms with E-state index in [0.29, 0.717) is 22.1 Å². The molecule has 1 amide bonds. The summed E-state index contributed by atoms with van der Waals surface area (Å²) in [6, 6.07) is 8.26. The number of nitrogens with one attached hydrogen (secondary N) is 1. The molecule has 0 saturated heterocycles. The highest BCUT2D eigenvalue weighted by atomic mass is 79.9. The SMILES string of the molecule is NC(=O)c1cc(N)cc(Cl)c1Nc1cc(Br)ccc1Cl. The Bertz CT molecular complexity index is 692. The van der Waals surface area contributed by atoms with Crippen molar-refractivity contribution < 1.29 is 4.79 Å². The van der Waals surface area contributed by atoms with E-state index in [4.69, 9.17) is 34.7 Å². The molecule has 0 saturated carbocycles. The third-order valence-electron chi connectivity index (χ3n) is 2.57. The second-order valence-electron chi connectivity index (χ2n) is 4.04. The Morgan fingerprint density at radius 1 is 1.15 bits per heavy atom. The lowest BCUT2D eigenvalue weighted by Crippen LogP contribution is -2.14. The Labute approximate surface area is 134 Å². The van der Waals surface area contributed by atoms with Gasteiger partial charge in [0, 0.05) is 10.2 Å². The number of hydrogen-bond donors (Lipinski definition) is 3. The molecular formula is C13H10BrCl2N3O. The van der Waals surface area contributed by atoms with Crippen molar-refractivity contribution in [1.29, 1.82) is 0 Å². The van der Waals surface area contributed by atoms with Crippen LogP contribution in [0, 0.1) is 0 Å². The Morgan fingerprint density at radius 2 is 1.85 bits per heavy atom. The van der Waals surface area contributed by atoms with Gasteiger partial charge in [0.15, 0.2) is 0 Å². The molecule has 0 aliphatic rings. The van der Waals surface area contributed by atoms with Crippen molar-refractivity contribution in [3.05, 3.63) is 50.4 Å². The lowest BCUT2D eigenvalue weighted by Gasteiger charge is -2.14. The van der Waals surface area contributed by atoms with Crippen molar-refractivity contribution in [1.82, 2.24) is 0 Å². The minimum Gasteiger partial charge on any atom is -0.399 e. The molecule has 0 aromatic heterocycles. The smallest absolute Gasteiger partial charge is 0.250 e. The molecule has 104 valence electrons. The van der Waals surface area contributed by atoms with Gasteiger partial charge in [0.25, 0.3) is 5.91 Å². The Balaban J connectivity index is 2.53. The standard InChI is InChI=1S/C13H10BrCl2N3O/c14-6-1-2-9(15)11(3-6)19-12-8(13(18)20)4-7(17)5-10(12)16/h1-5,19H,17H2,(H2,18,20). The second-order valence-corrected chi connectivity index (χ2v) is 5.77. The maximum Gasteiger partial charge on any atom is 0.250 e. The van der Waals surface area contributed by atoms with Gasteiger partial charge < -0.3 is 16.8 Å². The molecule has 2 rings (SSSR count). The van der Waals surface area contributed by atoms with Crippen molar-refractivity contribution in [3.8, 4) is 0 Å². The van der Waals surface area contributed by atoms with Gasteiger partial charge in [-0.2, -0.15) is 0 Å². The Kier molecular flexibility index (Phi) is 4.42. The highest BCUT2D eigenvalue weighted by Crippen LogP contribution is 2.35. The van der Waals surface area contributed by atoms with Gasteiger partial charge in [-0.15, -0.1) is 0 Å². The highest BCUT2D eigenvalue weighted by Gasteiger charge is 2.14. The average molecular weight is 375 g/mol. The summed E-state index contributed by atoms with van der Waals surface area (Å²) in [6.07, 6.45) is 0. The molecule has 20 heavy (non-hydrogen) atoms. The summed E-state index contributed by atoms with van der Waals surface area (Å²) in [6.45, 7) is 0. The summed E-state index contributed by atoms with van der Waals surface area (Å²) in [5.41, 5.74) is 12.5. The highest BCUT2D eigenvalue weighted by molar-refractivity contribution is 9.10. The monoisotopic (exact) mass is 373 g/mol. The number of primary amides is 1. The first-order valence-electron chi connectivity index (χ1n) is 5.49. The number of anilines is 3. The van der Waals surface area contributed by atoms with Crippen molar-refractivity contribution in [2.75, 3.05) is 11.1 Å². The molecule has 2 aromatic rings. The van der Waals surface area contributed by atoms with E-state index in [1.807, 2.05) is 0 Å². The largest absolute Gasteiger partial charge is 0.399 e. The van der Waals surface area contributed by atoms with Crippen LogP contribution in [0.1, 0.15) is 10.4 Å². The molecule has 0 aliphatic heterocycles. The number of benzene rings is 2. The topological polar surface area (TPSA) is 81.1 Å². The summed E-state index contributed by atoms with van der Waals surface area (Å²) in [5.74, 6) is -0.632. The molecular weight excluding hydrogens is 365 g/mol. The normalized spacial score (nSPS) is 10.3. The number of carbonyl (C=O) groups excluding carboxylic acids is 1. The molecule has 0 heterocycles. The first-order valence-corrected chi connectivity index (χ1v) is 7.04. The van der Waals surface area contributed by atoms with Crippen LogP contribution in [0.5, 0.6) is 0 Å². The summed E-state index contributed by atoms with van der Waals surface area (Å²) in [4.78, 5) is 11.5. The first-order chi connectivity index (χ1) is 9.38. The number of nitrogens with two attached hydrogens (primary N) is 2. The van der Waals surface area contributed by atoms with Crippen LogP contribution in [0.4, 0.5) is 17.1 Å². The van der Waals surface area contributed by atoms with E-state index in [9.17, 15) is 4.79 Å². The van der Waals surface area contributed by atoms with Crippen LogP contribution in [-0.4, -0.2) is 5.91 Å². The molecule has 0 aliphatic carbocycles. The Hall–Kier alpha value is -1.43. The van der Waals surface area contributed by atoms with Crippen molar-refractivity contribution in [2.24, 2.45) is 5.73 Å². The van der Waals surface area contributed by atoms with Crippen LogP contribution in [0.15, 0.2) is 34.8 Å². The molecule has 0 atom stereocenters. The lowest BCUT2D eigenvalue weighted by atomic mass is 10.1. The minimum atomic E-state index is -0.632. The molecule has 4 nitrogen and oxygen atoms in total. The quantitative estimate of drug-likeness (QED) is 0.705. The van der Waals surface area contributed by atoms with E-state index in [-0.39, 0.29) is 10.6 Å². The Morgan fingerprint density at radius 3 is 2.50 bits per heavy atom. The van der Waals surface area contributed by atoms with E-state index >= 15 is 0 Å². The predicted molar refractivity (Wildman–Crippen MR) is 86.8 cm³/mol. The van der Waals surface area contributed by atoms with Crippen LogP contribution >= 0.6 is 39.1 Å². The van der Waals surface area contributed by atoms with E-state index in [1.165, 1.54) is 12.1 Å². The van der Waals surface area contributed by atoms with Crippen molar-refractivity contribution >= 4 is 62.1 Å². The third-order valence-corrected chi connectivity index (χ3v) is 3.69. The second kappa shape index (κ2) is 5.91. The molecule has 5 N–H and O–H groups in total. The van der Waals surface area contributed by atoms with E-state index < -0.39 is 5.91 Å². The molecule has 0 spiro atoms.